The second-order valence-electron chi connectivity index (χ2n) is 8.12. The van der Waals surface area contributed by atoms with E-state index >= 15 is 0 Å². The number of aliphatic hydroxyl groups excluding tert-OH is 1. The maximum Gasteiger partial charge on any atom is 0.394 e. The van der Waals surface area contributed by atoms with E-state index in [1.165, 1.54) is 36.4 Å². The standard InChI is InChI=1S/C23H28F2N2O6S/c1-3-32-19-14-16(26-22(29)21(28)15-7-4-5-8-15)11-12-20(19)34(30,31)27-17-9-6-10-18(13-17)33-23(2,24)25/h6,9-15,21,27-28H,3-5,7-8H2,1-2H3,(H,26,29). The molecule has 1 fully saturated rings. The number of nitrogens with one attached hydrogen (secondary N) is 2. The number of alkyl halides is 2. The first-order chi connectivity index (χ1) is 16.0. The summed E-state index contributed by atoms with van der Waals surface area (Å²) in [6, 6.07) is 9.16. The molecule has 0 heterocycles. The molecule has 186 valence electrons. The van der Waals surface area contributed by atoms with Gasteiger partial charge in [-0.2, -0.15) is 8.78 Å². The summed E-state index contributed by atoms with van der Waals surface area (Å²) in [5.41, 5.74) is 0.284. The van der Waals surface area contributed by atoms with Crippen LogP contribution in [-0.2, 0) is 14.8 Å². The fraction of sp³-hybridized carbons (Fsp3) is 0.435. The maximum absolute atomic E-state index is 13.1. The number of benzene rings is 2. The predicted molar refractivity (Wildman–Crippen MR) is 123 cm³/mol. The number of aliphatic hydroxyl groups is 1. The van der Waals surface area contributed by atoms with E-state index in [9.17, 15) is 27.1 Å². The molecule has 1 aliphatic rings. The van der Waals surface area contributed by atoms with Crippen molar-refractivity contribution < 1.29 is 36.6 Å². The predicted octanol–water partition coefficient (Wildman–Crippen LogP) is 4.37. The summed E-state index contributed by atoms with van der Waals surface area (Å²) in [4.78, 5) is 12.2. The summed E-state index contributed by atoms with van der Waals surface area (Å²) in [7, 11) is -4.18. The number of carbonyl (C=O) groups excluding carboxylic acids is 1. The van der Waals surface area contributed by atoms with Crippen molar-refractivity contribution in [2.45, 2.75) is 56.6 Å². The second-order valence-corrected chi connectivity index (χ2v) is 9.77. The molecule has 0 spiro atoms. The molecule has 1 amide bonds. The molecular weight excluding hydrogens is 470 g/mol. The second kappa shape index (κ2) is 10.6. The van der Waals surface area contributed by atoms with Crippen LogP contribution in [0.15, 0.2) is 47.4 Å². The van der Waals surface area contributed by atoms with E-state index in [2.05, 4.69) is 14.8 Å². The van der Waals surface area contributed by atoms with Crippen molar-refractivity contribution in [2.24, 2.45) is 5.92 Å². The van der Waals surface area contributed by atoms with Crippen molar-refractivity contribution >= 4 is 27.3 Å². The van der Waals surface area contributed by atoms with Crippen LogP contribution in [0.25, 0.3) is 0 Å². The number of rotatable bonds is 10. The van der Waals surface area contributed by atoms with Crippen LogP contribution in [0.1, 0.15) is 39.5 Å². The number of halogens is 2. The highest BCUT2D eigenvalue weighted by Crippen LogP contribution is 2.32. The Hall–Kier alpha value is -2.92. The first-order valence-electron chi connectivity index (χ1n) is 10.9. The van der Waals surface area contributed by atoms with Crippen molar-refractivity contribution in [3.63, 3.8) is 0 Å². The van der Waals surface area contributed by atoms with E-state index in [0.717, 1.165) is 31.7 Å². The molecule has 1 unspecified atom stereocenters. The van der Waals surface area contributed by atoms with E-state index in [0.29, 0.717) is 6.92 Å². The SMILES string of the molecule is CCOc1cc(NC(=O)C(O)C2CCCC2)ccc1S(=O)(=O)Nc1cccc(OC(C)(F)F)c1. The molecule has 0 radical (unpaired) electrons. The normalized spacial score (nSPS) is 15.6. The van der Waals surface area contributed by atoms with Crippen LogP contribution in [-0.4, -0.2) is 38.3 Å². The molecule has 2 aromatic rings. The Morgan fingerprint density at radius 3 is 2.53 bits per heavy atom. The quantitative estimate of drug-likeness (QED) is 0.448. The van der Waals surface area contributed by atoms with Crippen molar-refractivity contribution in [2.75, 3.05) is 16.6 Å². The molecule has 8 nitrogen and oxygen atoms in total. The first kappa shape index (κ1) is 25.7. The number of anilines is 2. The highest BCUT2D eigenvalue weighted by Gasteiger charge is 2.29. The summed E-state index contributed by atoms with van der Waals surface area (Å²) < 4.78 is 64.5. The molecule has 3 N–H and O–H groups in total. The van der Waals surface area contributed by atoms with Crippen LogP contribution in [0.4, 0.5) is 20.2 Å². The van der Waals surface area contributed by atoms with Gasteiger partial charge in [0.15, 0.2) is 0 Å². The number of hydrogen-bond acceptors (Lipinski definition) is 6. The Morgan fingerprint density at radius 2 is 1.88 bits per heavy atom. The topological polar surface area (TPSA) is 114 Å². The van der Waals surface area contributed by atoms with Crippen LogP contribution in [0, 0.1) is 5.92 Å². The fourth-order valence-corrected chi connectivity index (χ4v) is 5.00. The van der Waals surface area contributed by atoms with Gasteiger partial charge in [-0.05, 0) is 49.9 Å². The Morgan fingerprint density at radius 1 is 1.18 bits per heavy atom. The maximum atomic E-state index is 13.1. The van der Waals surface area contributed by atoms with Crippen LogP contribution in [0.2, 0.25) is 0 Å². The summed E-state index contributed by atoms with van der Waals surface area (Å²) in [6.45, 7) is 2.40. The molecule has 0 aromatic heterocycles. The minimum atomic E-state index is -4.18. The van der Waals surface area contributed by atoms with E-state index in [-0.39, 0.29) is 40.3 Å². The van der Waals surface area contributed by atoms with Gasteiger partial charge in [0.05, 0.1) is 12.3 Å². The molecule has 11 heteroatoms. The lowest BCUT2D eigenvalue weighted by atomic mass is 10.0. The summed E-state index contributed by atoms with van der Waals surface area (Å²) in [5.74, 6) is -0.887. The first-order valence-corrected chi connectivity index (χ1v) is 12.4. The summed E-state index contributed by atoms with van der Waals surface area (Å²) in [5, 5.41) is 12.9. The smallest absolute Gasteiger partial charge is 0.394 e. The van der Waals surface area contributed by atoms with Crippen molar-refractivity contribution in [1.82, 2.24) is 0 Å². The van der Waals surface area contributed by atoms with Crippen LogP contribution in [0.3, 0.4) is 0 Å². The number of ether oxygens (including phenoxy) is 2. The molecule has 3 rings (SSSR count). The van der Waals surface area contributed by atoms with Crippen molar-refractivity contribution in [3.8, 4) is 11.5 Å². The molecular formula is C23H28F2N2O6S. The van der Waals surface area contributed by atoms with Crippen LogP contribution < -0.4 is 19.5 Å². The van der Waals surface area contributed by atoms with E-state index in [4.69, 9.17) is 4.74 Å². The summed E-state index contributed by atoms with van der Waals surface area (Å²) >= 11 is 0. The zero-order valence-electron chi connectivity index (χ0n) is 18.9. The molecule has 0 bridgehead atoms. The largest absolute Gasteiger partial charge is 0.492 e. The van der Waals surface area contributed by atoms with Gasteiger partial charge < -0.3 is 19.9 Å². The Kier molecular flexibility index (Phi) is 7.98. The number of sulfonamides is 1. The lowest BCUT2D eigenvalue weighted by Crippen LogP contribution is -2.33. The van der Waals surface area contributed by atoms with Gasteiger partial charge in [-0.15, -0.1) is 0 Å². The Labute approximate surface area is 197 Å². The zero-order chi connectivity index (χ0) is 24.9. The van der Waals surface area contributed by atoms with Gasteiger partial charge in [-0.25, -0.2) is 8.42 Å². The highest BCUT2D eigenvalue weighted by molar-refractivity contribution is 7.92. The Balaban J connectivity index is 1.80. The van der Waals surface area contributed by atoms with E-state index in [1.54, 1.807) is 6.92 Å². The van der Waals surface area contributed by atoms with Gasteiger partial charge in [0.25, 0.3) is 15.9 Å². The molecule has 2 aromatic carbocycles. The van der Waals surface area contributed by atoms with Crippen LogP contribution in [0.5, 0.6) is 11.5 Å². The van der Waals surface area contributed by atoms with Crippen LogP contribution >= 0.6 is 0 Å². The average molecular weight is 499 g/mol. The monoisotopic (exact) mass is 498 g/mol. The van der Waals surface area contributed by atoms with Crippen molar-refractivity contribution in [1.29, 1.82) is 0 Å². The van der Waals surface area contributed by atoms with Gasteiger partial charge in [0.1, 0.15) is 22.5 Å². The minimum Gasteiger partial charge on any atom is -0.492 e. The van der Waals surface area contributed by atoms with Gasteiger partial charge in [0.2, 0.25) is 0 Å². The molecule has 1 aliphatic carbocycles. The van der Waals surface area contributed by atoms with Gasteiger partial charge in [-0.1, -0.05) is 18.9 Å². The lowest BCUT2D eigenvalue weighted by Gasteiger charge is -2.18. The molecule has 1 atom stereocenters. The van der Waals surface area contributed by atoms with E-state index in [1.807, 2.05) is 0 Å². The summed E-state index contributed by atoms with van der Waals surface area (Å²) in [6.07, 6.45) is -1.07. The third-order valence-electron chi connectivity index (χ3n) is 5.30. The number of hydrogen-bond donors (Lipinski definition) is 3. The van der Waals surface area contributed by atoms with Gasteiger partial charge >= 0.3 is 6.11 Å². The molecule has 0 aliphatic heterocycles. The number of amides is 1. The van der Waals surface area contributed by atoms with Crippen molar-refractivity contribution in [3.05, 3.63) is 42.5 Å². The molecule has 34 heavy (non-hydrogen) atoms. The minimum absolute atomic E-state index is 0.0151. The highest BCUT2D eigenvalue weighted by atomic mass is 32.2. The fourth-order valence-electron chi connectivity index (χ4n) is 3.82. The van der Waals surface area contributed by atoms with Gasteiger partial charge in [0, 0.05) is 24.7 Å². The molecule has 1 saturated carbocycles. The average Bonchev–Trinajstić information content (AvgIpc) is 3.27. The third kappa shape index (κ3) is 6.80. The number of carbonyl (C=O) groups is 1. The van der Waals surface area contributed by atoms with E-state index < -0.39 is 28.1 Å². The third-order valence-corrected chi connectivity index (χ3v) is 6.72. The lowest BCUT2D eigenvalue weighted by molar-refractivity contribution is -0.158. The van der Waals surface area contributed by atoms with Gasteiger partial charge in [-0.3, -0.25) is 9.52 Å². The Bertz CT molecular complexity index is 1110. The molecule has 0 saturated heterocycles. The zero-order valence-corrected chi connectivity index (χ0v) is 19.7.